The Labute approximate surface area is 147 Å². The minimum atomic E-state index is -0.421. The molecule has 0 fully saturated rings. The normalized spacial score (nSPS) is 16.1. The van der Waals surface area contributed by atoms with Gasteiger partial charge in [-0.15, -0.1) is 5.10 Å². The van der Waals surface area contributed by atoms with E-state index in [2.05, 4.69) is 38.8 Å². The molecule has 2 heterocycles. The summed E-state index contributed by atoms with van der Waals surface area (Å²) in [5, 5.41) is 16.6. The van der Waals surface area contributed by atoms with Crippen LogP contribution in [0.2, 0.25) is 0 Å². The van der Waals surface area contributed by atoms with Gasteiger partial charge in [-0.3, -0.25) is 5.10 Å². The number of nitrogens with zero attached hydrogens (tertiary/aromatic N) is 2. The van der Waals surface area contributed by atoms with Gasteiger partial charge in [0.1, 0.15) is 24.0 Å². The molecule has 0 saturated heterocycles. The van der Waals surface area contributed by atoms with Crippen LogP contribution in [0.3, 0.4) is 0 Å². The molecule has 7 heteroatoms. The average molecular weight is 387 g/mol. The highest BCUT2D eigenvalue weighted by atomic mass is 79.9. The van der Waals surface area contributed by atoms with E-state index in [0.717, 1.165) is 21.3 Å². The summed E-state index contributed by atoms with van der Waals surface area (Å²) in [5.41, 5.74) is 8.66. The zero-order valence-electron chi connectivity index (χ0n) is 13.0. The molecule has 1 aliphatic rings. The van der Waals surface area contributed by atoms with Gasteiger partial charge in [-0.05, 0) is 25.1 Å². The summed E-state index contributed by atoms with van der Waals surface area (Å²) in [6, 6.07) is 7.80. The predicted molar refractivity (Wildman–Crippen MR) is 92.5 cm³/mol. The Balaban J connectivity index is 2.23. The lowest BCUT2D eigenvalue weighted by Crippen LogP contribution is -2.21. The molecular weight excluding hydrogens is 372 g/mol. The molecule has 1 aliphatic heterocycles. The first-order valence-corrected chi connectivity index (χ1v) is 8.01. The van der Waals surface area contributed by atoms with Crippen molar-refractivity contribution in [2.75, 3.05) is 6.61 Å². The van der Waals surface area contributed by atoms with E-state index in [1.165, 1.54) is 0 Å². The van der Waals surface area contributed by atoms with Gasteiger partial charge in [0, 0.05) is 21.3 Å². The standard InChI is InChI=1S/C17H15BrN4O2/c1-3-6-23-13-5-4-10(18)7-11(13)15-12(8-19)16(20)24-17-14(15)9(2)21-22-17/h3-5,7,15H,1,6,20H2,2H3,(H,21,22)/t15-/m0/s1. The van der Waals surface area contributed by atoms with Crippen LogP contribution < -0.4 is 15.2 Å². The summed E-state index contributed by atoms with van der Waals surface area (Å²) >= 11 is 3.48. The lowest BCUT2D eigenvalue weighted by Gasteiger charge is -2.25. The molecule has 1 aromatic carbocycles. The summed E-state index contributed by atoms with van der Waals surface area (Å²) < 4.78 is 12.1. The van der Waals surface area contributed by atoms with Crippen molar-refractivity contribution in [3.63, 3.8) is 0 Å². The lowest BCUT2D eigenvalue weighted by atomic mass is 9.83. The molecule has 0 aliphatic carbocycles. The number of nitriles is 1. The predicted octanol–water partition coefficient (Wildman–Crippen LogP) is 3.26. The highest BCUT2D eigenvalue weighted by Gasteiger charge is 2.35. The van der Waals surface area contributed by atoms with Crippen LogP contribution in [-0.2, 0) is 0 Å². The van der Waals surface area contributed by atoms with Crippen LogP contribution in [-0.4, -0.2) is 16.8 Å². The zero-order chi connectivity index (χ0) is 17.3. The Morgan fingerprint density at radius 2 is 2.38 bits per heavy atom. The molecule has 6 nitrogen and oxygen atoms in total. The van der Waals surface area contributed by atoms with Gasteiger partial charge < -0.3 is 15.2 Å². The number of hydrogen-bond acceptors (Lipinski definition) is 5. The molecule has 0 saturated carbocycles. The van der Waals surface area contributed by atoms with Gasteiger partial charge in [0.25, 0.3) is 0 Å². The molecule has 0 bridgehead atoms. The SMILES string of the molecule is C=CCOc1ccc(Br)cc1[C@H]1C(C#N)=C(N)Oc2n[nH]c(C)c21. The van der Waals surface area contributed by atoms with Crippen LogP contribution in [0.25, 0.3) is 0 Å². The van der Waals surface area contributed by atoms with Gasteiger partial charge in [-0.2, -0.15) is 5.26 Å². The van der Waals surface area contributed by atoms with Gasteiger partial charge in [0.2, 0.25) is 11.8 Å². The highest BCUT2D eigenvalue weighted by Crippen LogP contribution is 2.45. The Kier molecular flexibility index (Phi) is 4.32. The van der Waals surface area contributed by atoms with Crippen molar-refractivity contribution >= 4 is 15.9 Å². The Morgan fingerprint density at radius 3 is 3.08 bits per heavy atom. The van der Waals surface area contributed by atoms with E-state index in [4.69, 9.17) is 15.2 Å². The Morgan fingerprint density at radius 1 is 1.58 bits per heavy atom. The molecule has 2 aromatic rings. The lowest BCUT2D eigenvalue weighted by molar-refractivity contribution is 0.354. The van der Waals surface area contributed by atoms with Crippen molar-refractivity contribution in [3.8, 4) is 17.7 Å². The zero-order valence-corrected chi connectivity index (χ0v) is 14.6. The topological polar surface area (TPSA) is 96.9 Å². The number of ether oxygens (including phenoxy) is 2. The second-order valence-corrected chi connectivity index (χ2v) is 6.19. The molecule has 1 aromatic heterocycles. The highest BCUT2D eigenvalue weighted by molar-refractivity contribution is 9.10. The number of nitrogens with one attached hydrogen (secondary N) is 1. The van der Waals surface area contributed by atoms with Gasteiger partial charge >= 0.3 is 0 Å². The van der Waals surface area contributed by atoms with Crippen molar-refractivity contribution in [1.29, 1.82) is 5.26 Å². The third-order valence-electron chi connectivity index (χ3n) is 3.77. The average Bonchev–Trinajstić information content (AvgIpc) is 2.93. The van der Waals surface area contributed by atoms with E-state index in [-0.39, 0.29) is 5.88 Å². The van der Waals surface area contributed by atoms with Gasteiger partial charge in [-0.25, -0.2) is 0 Å². The Hall–Kier alpha value is -2.72. The van der Waals surface area contributed by atoms with Crippen molar-refractivity contribution in [3.05, 3.63) is 63.6 Å². The maximum Gasteiger partial charge on any atom is 0.244 e. The van der Waals surface area contributed by atoms with E-state index in [0.29, 0.717) is 23.8 Å². The quantitative estimate of drug-likeness (QED) is 0.785. The molecule has 0 unspecified atom stereocenters. The van der Waals surface area contributed by atoms with E-state index in [1.54, 1.807) is 6.08 Å². The van der Waals surface area contributed by atoms with E-state index in [1.807, 2.05) is 25.1 Å². The molecule has 0 radical (unpaired) electrons. The fourth-order valence-corrected chi connectivity index (χ4v) is 3.11. The molecule has 0 amide bonds. The summed E-state index contributed by atoms with van der Waals surface area (Å²) in [7, 11) is 0. The van der Waals surface area contributed by atoms with E-state index < -0.39 is 5.92 Å². The fourth-order valence-electron chi connectivity index (χ4n) is 2.73. The van der Waals surface area contributed by atoms with Crippen LogP contribution in [0.5, 0.6) is 11.6 Å². The molecular formula is C17H15BrN4O2. The van der Waals surface area contributed by atoms with Crippen molar-refractivity contribution in [2.24, 2.45) is 5.73 Å². The number of nitrogens with two attached hydrogens (primary N) is 1. The summed E-state index contributed by atoms with van der Waals surface area (Å²) in [5.74, 6) is 0.659. The van der Waals surface area contributed by atoms with E-state index >= 15 is 0 Å². The second kappa shape index (κ2) is 6.42. The largest absolute Gasteiger partial charge is 0.489 e. The van der Waals surface area contributed by atoms with Crippen molar-refractivity contribution in [2.45, 2.75) is 12.8 Å². The van der Waals surface area contributed by atoms with Crippen LogP contribution in [0.15, 0.2) is 46.8 Å². The van der Waals surface area contributed by atoms with Gasteiger partial charge in [0.15, 0.2) is 0 Å². The first-order chi connectivity index (χ1) is 11.6. The summed E-state index contributed by atoms with van der Waals surface area (Å²) in [6.07, 6.45) is 1.67. The number of aromatic nitrogens is 2. The number of aryl methyl sites for hydroxylation is 1. The molecule has 3 rings (SSSR count). The van der Waals surface area contributed by atoms with Gasteiger partial charge in [0.05, 0.1) is 5.92 Å². The number of fused-ring (bicyclic) bond motifs is 1. The second-order valence-electron chi connectivity index (χ2n) is 5.27. The molecule has 24 heavy (non-hydrogen) atoms. The maximum absolute atomic E-state index is 9.62. The summed E-state index contributed by atoms with van der Waals surface area (Å²) in [6.45, 7) is 5.90. The van der Waals surface area contributed by atoms with Crippen LogP contribution in [0.1, 0.15) is 22.7 Å². The van der Waals surface area contributed by atoms with Crippen LogP contribution >= 0.6 is 15.9 Å². The number of hydrogen-bond donors (Lipinski definition) is 2. The number of aromatic amines is 1. The number of rotatable bonds is 4. The third-order valence-corrected chi connectivity index (χ3v) is 4.26. The van der Waals surface area contributed by atoms with Crippen LogP contribution in [0.4, 0.5) is 0 Å². The van der Waals surface area contributed by atoms with Crippen molar-refractivity contribution in [1.82, 2.24) is 10.2 Å². The van der Waals surface area contributed by atoms with Crippen molar-refractivity contribution < 1.29 is 9.47 Å². The monoisotopic (exact) mass is 386 g/mol. The molecule has 3 N–H and O–H groups in total. The third kappa shape index (κ3) is 2.65. The number of benzene rings is 1. The summed E-state index contributed by atoms with van der Waals surface area (Å²) in [4.78, 5) is 0. The van der Waals surface area contributed by atoms with Gasteiger partial charge in [-0.1, -0.05) is 28.6 Å². The van der Waals surface area contributed by atoms with E-state index in [9.17, 15) is 5.26 Å². The maximum atomic E-state index is 9.62. The number of H-pyrrole nitrogens is 1. The smallest absolute Gasteiger partial charge is 0.244 e. The molecule has 122 valence electrons. The number of allylic oxidation sites excluding steroid dienone is 1. The van der Waals surface area contributed by atoms with Crippen LogP contribution in [0, 0.1) is 18.3 Å². The first-order valence-electron chi connectivity index (χ1n) is 7.22. The molecule has 0 spiro atoms. The Bertz CT molecular complexity index is 879. The number of halogens is 1. The fraction of sp³-hybridized carbons (Fsp3) is 0.176. The minimum Gasteiger partial charge on any atom is -0.489 e. The minimum absolute atomic E-state index is 0.0520. The first kappa shape index (κ1) is 16.1. The molecule has 1 atom stereocenters.